The monoisotopic (exact) mass is 310 g/mol. The van der Waals surface area contributed by atoms with Gasteiger partial charge in [-0.1, -0.05) is 18.3 Å². The lowest BCUT2D eigenvalue weighted by molar-refractivity contribution is 0.0516. The van der Waals surface area contributed by atoms with Gasteiger partial charge in [0.2, 0.25) is 0 Å². The molecule has 0 aliphatic carbocycles. The summed E-state index contributed by atoms with van der Waals surface area (Å²) in [7, 11) is 1.99. The normalized spacial score (nSPS) is 22.4. The number of nitrogens with two attached hydrogens (primary N) is 1. The minimum absolute atomic E-state index is 0.0425. The molecule has 2 atom stereocenters. The molecule has 0 spiro atoms. The maximum Gasteiger partial charge on any atom is 0.268 e. The first-order chi connectivity index (χ1) is 9.95. The number of hydrogen-bond acceptors (Lipinski definition) is 5. The number of hydrogen-bond donors (Lipinski definition) is 1. The second-order valence-electron chi connectivity index (χ2n) is 5.97. The molecular weight excluding hydrogens is 284 g/mol. The van der Waals surface area contributed by atoms with Crippen LogP contribution >= 0.6 is 11.3 Å². The van der Waals surface area contributed by atoms with Gasteiger partial charge in [0.25, 0.3) is 5.91 Å². The summed E-state index contributed by atoms with van der Waals surface area (Å²) in [5.74, 6) is 0.411. The third-order valence-electron chi connectivity index (χ3n) is 4.15. The van der Waals surface area contributed by atoms with Crippen LogP contribution in [0.4, 0.5) is 10.9 Å². The van der Waals surface area contributed by atoms with E-state index >= 15 is 0 Å². The quantitative estimate of drug-likeness (QED) is 0.928. The lowest BCUT2D eigenvalue weighted by Crippen LogP contribution is -2.47. The van der Waals surface area contributed by atoms with Crippen LogP contribution in [-0.4, -0.2) is 41.5 Å². The minimum Gasteiger partial charge on any atom is -0.382 e. The van der Waals surface area contributed by atoms with Gasteiger partial charge in [0.05, 0.1) is 0 Å². The number of nitrogens with zero attached hydrogens (tertiary/aromatic N) is 3. The van der Waals surface area contributed by atoms with E-state index in [4.69, 9.17) is 5.73 Å². The molecule has 1 aromatic rings. The highest BCUT2D eigenvalue weighted by atomic mass is 32.1. The van der Waals surface area contributed by atoms with Gasteiger partial charge in [-0.25, -0.2) is 4.98 Å². The van der Waals surface area contributed by atoms with Crippen molar-refractivity contribution < 1.29 is 4.79 Å². The molecule has 1 saturated heterocycles. The molecule has 2 rings (SSSR count). The standard InChI is InChI=1S/C15H26N4OS/c1-5-9-18(4)15-17-13(16)12(21-15)14(20)19-10(2)7-6-8-11(19)3/h10-11H,5-9,16H2,1-4H3/t10-,11+. The fourth-order valence-electron chi connectivity index (χ4n) is 3.01. The van der Waals surface area contributed by atoms with Crippen molar-refractivity contribution in [2.24, 2.45) is 0 Å². The zero-order valence-corrected chi connectivity index (χ0v) is 14.2. The van der Waals surface area contributed by atoms with Crippen molar-refractivity contribution in [2.75, 3.05) is 24.2 Å². The Hall–Kier alpha value is -1.30. The number of piperidine rings is 1. The number of aromatic nitrogens is 1. The van der Waals surface area contributed by atoms with E-state index in [1.165, 1.54) is 17.8 Å². The van der Waals surface area contributed by atoms with Crippen molar-refractivity contribution in [3.8, 4) is 0 Å². The molecule has 118 valence electrons. The van der Waals surface area contributed by atoms with E-state index < -0.39 is 0 Å². The molecule has 1 fully saturated rings. The Balaban J connectivity index is 2.22. The molecule has 6 heteroatoms. The van der Waals surface area contributed by atoms with E-state index in [1.54, 1.807) is 0 Å². The molecule has 0 saturated carbocycles. The number of rotatable bonds is 4. The van der Waals surface area contributed by atoms with Crippen molar-refractivity contribution in [1.82, 2.24) is 9.88 Å². The van der Waals surface area contributed by atoms with Crippen LogP contribution in [0.25, 0.3) is 0 Å². The van der Waals surface area contributed by atoms with Gasteiger partial charge in [-0.3, -0.25) is 4.79 Å². The van der Waals surface area contributed by atoms with Crippen molar-refractivity contribution in [3.63, 3.8) is 0 Å². The van der Waals surface area contributed by atoms with Gasteiger partial charge in [-0.15, -0.1) is 0 Å². The summed E-state index contributed by atoms with van der Waals surface area (Å²) in [6, 6.07) is 0.555. The minimum atomic E-state index is 0.0425. The molecule has 2 N–H and O–H groups in total. The molecule has 1 aromatic heterocycles. The van der Waals surface area contributed by atoms with Crippen LogP contribution in [0.3, 0.4) is 0 Å². The topological polar surface area (TPSA) is 62.5 Å². The Morgan fingerprint density at radius 3 is 2.62 bits per heavy atom. The third-order valence-corrected chi connectivity index (χ3v) is 5.32. The summed E-state index contributed by atoms with van der Waals surface area (Å²) in [4.78, 5) is 21.8. The number of amides is 1. The number of nitrogen functional groups attached to an aromatic ring is 1. The lowest BCUT2D eigenvalue weighted by atomic mass is 9.97. The number of anilines is 2. The Labute approximate surface area is 131 Å². The third kappa shape index (κ3) is 3.31. The van der Waals surface area contributed by atoms with Gasteiger partial charge in [0.15, 0.2) is 5.13 Å². The fraction of sp³-hybridized carbons (Fsp3) is 0.733. The first-order valence-electron chi connectivity index (χ1n) is 7.75. The highest BCUT2D eigenvalue weighted by Crippen LogP contribution is 2.32. The van der Waals surface area contributed by atoms with Crippen molar-refractivity contribution >= 4 is 28.2 Å². The number of likely N-dealkylation sites (tertiary alicyclic amines) is 1. The Morgan fingerprint density at radius 1 is 1.43 bits per heavy atom. The molecule has 2 heterocycles. The Kier molecular flexibility index (Phi) is 5.08. The summed E-state index contributed by atoms with van der Waals surface area (Å²) in [6.07, 6.45) is 4.36. The van der Waals surface area contributed by atoms with Crippen LogP contribution in [0, 0.1) is 0 Å². The predicted molar refractivity (Wildman–Crippen MR) is 89.0 cm³/mol. The second kappa shape index (κ2) is 6.64. The molecule has 5 nitrogen and oxygen atoms in total. The average molecular weight is 310 g/mol. The second-order valence-corrected chi connectivity index (χ2v) is 6.95. The van der Waals surface area contributed by atoms with Crippen LogP contribution in [0.5, 0.6) is 0 Å². The number of carbonyl (C=O) groups excluding carboxylic acids is 1. The maximum absolute atomic E-state index is 12.8. The van der Waals surface area contributed by atoms with Crippen LogP contribution in [0.2, 0.25) is 0 Å². The molecule has 1 aliphatic rings. The van der Waals surface area contributed by atoms with Crippen LogP contribution in [0.15, 0.2) is 0 Å². The molecular formula is C15H26N4OS. The first kappa shape index (κ1) is 16.1. The predicted octanol–water partition coefficient (Wildman–Crippen LogP) is 2.97. The highest BCUT2D eigenvalue weighted by Gasteiger charge is 2.32. The highest BCUT2D eigenvalue weighted by molar-refractivity contribution is 7.18. The van der Waals surface area contributed by atoms with Gasteiger partial charge >= 0.3 is 0 Å². The van der Waals surface area contributed by atoms with Crippen LogP contribution in [-0.2, 0) is 0 Å². The van der Waals surface area contributed by atoms with E-state index in [0.29, 0.717) is 10.7 Å². The smallest absolute Gasteiger partial charge is 0.268 e. The van der Waals surface area contributed by atoms with E-state index in [-0.39, 0.29) is 18.0 Å². The molecule has 0 aromatic carbocycles. The number of thiazole rings is 1. The van der Waals surface area contributed by atoms with E-state index in [9.17, 15) is 4.79 Å². The molecule has 0 bridgehead atoms. The van der Waals surface area contributed by atoms with Gasteiger partial charge < -0.3 is 15.5 Å². The fourth-order valence-corrected chi connectivity index (χ4v) is 3.92. The SMILES string of the molecule is CCCN(C)c1nc(N)c(C(=O)N2[C@H](C)CCC[C@@H]2C)s1. The van der Waals surface area contributed by atoms with Crippen molar-refractivity contribution in [2.45, 2.75) is 58.5 Å². The zero-order valence-electron chi connectivity index (χ0n) is 13.4. The average Bonchev–Trinajstić information content (AvgIpc) is 2.81. The summed E-state index contributed by atoms with van der Waals surface area (Å²) >= 11 is 1.41. The molecule has 0 radical (unpaired) electrons. The summed E-state index contributed by atoms with van der Waals surface area (Å²) in [6.45, 7) is 7.28. The van der Waals surface area contributed by atoms with E-state index in [0.717, 1.165) is 30.9 Å². The molecule has 1 amide bonds. The first-order valence-corrected chi connectivity index (χ1v) is 8.57. The molecule has 0 unspecified atom stereocenters. The van der Waals surface area contributed by atoms with E-state index in [1.807, 2.05) is 11.9 Å². The van der Waals surface area contributed by atoms with Gasteiger partial charge in [0.1, 0.15) is 10.7 Å². The molecule has 1 aliphatic heterocycles. The largest absolute Gasteiger partial charge is 0.382 e. The van der Waals surface area contributed by atoms with Crippen molar-refractivity contribution in [1.29, 1.82) is 0 Å². The summed E-state index contributed by atoms with van der Waals surface area (Å²) in [5, 5.41) is 0.829. The van der Waals surface area contributed by atoms with Gasteiger partial charge in [0, 0.05) is 25.7 Å². The lowest BCUT2D eigenvalue weighted by Gasteiger charge is -2.38. The summed E-state index contributed by atoms with van der Waals surface area (Å²) in [5.41, 5.74) is 6.00. The van der Waals surface area contributed by atoms with Gasteiger partial charge in [-0.2, -0.15) is 0 Å². The van der Waals surface area contributed by atoms with Gasteiger partial charge in [-0.05, 0) is 39.5 Å². The maximum atomic E-state index is 12.8. The Bertz CT molecular complexity index is 492. The molecule has 21 heavy (non-hydrogen) atoms. The zero-order chi connectivity index (χ0) is 15.6. The Morgan fingerprint density at radius 2 is 2.05 bits per heavy atom. The number of carbonyl (C=O) groups is 1. The van der Waals surface area contributed by atoms with Crippen molar-refractivity contribution in [3.05, 3.63) is 4.88 Å². The van der Waals surface area contributed by atoms with Crippen LogP contribution in [0.1, 0.15) is 56.1 Å². The summed E-state index contributed by atoms with van der Waals surface area (Å²) < 4.78 is 0. The van der Waals surface area contributed by atoms with E-state index in [2.05, 4.69) is 30.7 Å². The van der Waals surface area contributed by atoms with Crippen LogP contribution < -0.4 is 10.6 Å².